The van der Waals surface area contributed by atoms with Crippen LogP contribution in [0.15, 0.2) is 22.7 Å². The molecule has 0 aromatic heterocycles. The summed E-state index contributed by atoms with van der Waals surface area (Å²) in [6.45, 7) is 0.833. The lowest BCUT2D eigenvalue weighted by Crippen LogP contribution is -2.26. The predicted molar refractivity (Wildman–Crippen MR) is 71.1 cm³/mol. The van der Waals surface area contributed by atoms with Crippen LogP contribution in [0.5, 0.6) is 5.75 Å². The number of halogens is 1. The molecule has 2 rings (SSSR count). The lowest BCUT2D eigenvalue weighted by molar-refractivity contribution is 0.107. The van der Waals surface area contributed by atoms with E-state index in [-0.39, 0.29) is 5.75 Å². The van der Waals surface area contributed by atoms with E-state index < -0.39 is 0 Å². The molecule has 1 aliphatic carbocycles. The molecule has 1 aromatic rings. The maximum Gasteiger partial charge on any atom is 0.129 e. The largest absolute Gasteiger partial charge is 0.507 e. The van der Waals surface area contributed by atoms with Crippen molar-refractivity contribution in [1.82, 2.24) is 5.32 Å². The van der Waals surface area contributed by atoms with Crippen LogP contribution in [0.25, 0.3) is 0 Å². The van der Waals surface area contributed by atoms with Gasteiger partial charge in [-0.3, -0.25) is 0 Å². The number of nitrogens with one attached hydrogen (secondary N) is 1. The van der Waals surface area contributed by atoms with Gasteiger partial charge in [0.25, 0.3) is 0 Å². The van der Waals surface area contributed by atoms with Crippen LogP contribution < -0.4 is 5.32 Å². The van der Waals surface area contributed by atoms with Gasteiger partial charge in [0.2, 0.25) is 0 Å². The zero-order valence-electron chi connectivity index (χ0n) is 9.95. The van der Waals surface area contributed by atoms with Crippen LogP contribution in [0, 0.1) is 0 Å². The van der Waals surface area contributed by atoms with Crippen LogP contribution in [0.3, 0.4) is 0 Å². The zero-order chi connectivity index (χ0) is 12.3. The molecule has 4 heteroatoms. The van der Waals surface area contributed by atoms with Gasteiger partial charge in [-0.1, -0.05) is 6.07 Å². The van der Waals surface area contributed by atoms with Gasteiger partial charge in [0.05, 0.1) is 10.6 Å². The van der Waals surface area contributed by atoms with Crippen LogP contribution in [0.4, 0.5) is 0 Å². The van der Waals surface area contributed by atoms with Gasteiger partial charge >= 0.3 is 0 Å². The highest BCUT2D eigenvalue weighted by Crippen LogP contribution is 2.25. The lowest BCUT2D eigenvalue weighted by Gasteiger charge is -2.13. The Balaban J connectivity index is 1.84. The number of hydrogen-bond acceptors (Lipinski definition) is 3. The molecule has 17 heavy (non-hydrogen) atoms. The molecule has 1 aromatic carbocycles. The zero-order valence-corrected chi connectivity index (χ0v) is 11.5. The first-order valence-corrected chi connectivity index (χ1v) is 6.72. The minimum atomic E-state index is 0.286. The second-order valence-corrected chi connectivity index (χ2v) is 5.39. The van der Waals surface area contributed by atoms with E-state index >= 15 is 0 Å². The molecule has 1 fully saturated rings. The molecule has 0 aliphatic heterocycles. The maximum atomic E-state index is 9.41. The van der Waals surface area contributed by atoms with Gasteiger partial charge in [0, 0.05) is 19.7 Å². The first-order chi connectivity index (χ1) is 8.19. The number of phenols is 1. The fraction of sp³-hybridized carbons (Fsp3) is 0.538. The number of aromatic hydroxyl groups is 1. The molecular formula is C13H18BrNO2. The van der Waals surface area contributed by atoms with E-state index in [0.717, 1.165) is 23.9 Å². The Morgan fingerprint density at radius 3 is 2.94 bits per heavy atom. The van der Waals surface area contributed by atoms with E-state index in [1.807, 2.05) is 12.1 Å². The van der Waals surface area contributed by atoms with Crippen molar-refractivity contribution in [3.05, 3.63) is 28.2 Å². The minimum Gasteiger partial charge on any atom is -0.507 e. The highest BCUT2D eigenvalue weighted by atomic mass is 79.9. The Kier molecular flexibility index (Phi) is 4.42. The highest BCUT2D eigenvalue weighted by Gasteiger charge is 2.23. The molecule has 1 aliphatic rings. The van der Waals surface area contributed by atoms with Crippen LogP contribution in [-0.2, 0) is 11.3 Å². The summed E-state index contributed by atoms with van der Waals surface area (Å²) in [5, 5.41) is 12.9. The molecule has 2 N–H and O–H groups in total. The number of hydrogen-bond donors (Lipinski definition) is 2. The summed E-state index contributed by atoms with van der Waals surface area (Å²) >= 11 is 3.32. The van der Waals surface area contributed by atoms with Crippen molar-refractivity contribution < 1.29 is 9.84 Å². The van der Waals surface area contributed by atoms with E-state index in [1.54, 1.807) is 13.2 Å². The summed E-state index contributed by atoms with van der Waals surface area (Å²) in [6, 6.07) is 6.15. The topological polar surface area (TPSA) is 41.5 Å². The van der Waals surface area contributed by atoms with Crippen molar-refractivity contribution in [2.75, 3.05) is 7.11 Å². The third-order valence-corrected chi connectivity index (χ3v) is 3.96. The fourth-order valence-electron chi connectivity index (χ4n) is 2.26. The first kappa shape index (κ1) is 12.9. The molecule has 1 saturated carbocycles. The second-order valence-electron chi connectivity index (χ2n) is 4.53. The third kappa shape index (κ3) is 3.44. The van der Waals surface area contributed by atoms with E-state index in [2.05, 4.69) is 21.2 Å². The first-order valence-electron chi connectivity index (χ1n) is 5.92. The molecule has 3 nitrogen and oxygen atoms in total. The number of phenolic OH excluding ortho intramolecular Hbond substituents is 1. The number of rotatable bonds is 4. The monoisotopic (exact) mass is 299 g/mol. The molecule has 2 atom stereocenters. The number of benzene rings is 1. The summed E-state index contributed by atoms with van der Waals surface area (Å²) < 4.78 is 6.10. The highest BCUT2D eigenvalue weighted by molar-refractivity contribution is 9.10. The van der Waals surface area contributed by atoms with Gasteiger partial charge < -0.3 is 15.2 Å². The Labute approximate surface area is 110 Å². The molecule has 0 radical (unpaired) electrons. The van der Waals surface area contributed by atoms with Crippen molar-refractivity contribution in [2.24, 2.45) is 0 Å². The van der Waals surface area contributed by atoms with Crippen molar-refractivity contribution in [1.29, 1.82) is 0 Å². The molecule has 0 heterocycles. The van der Waals surface area contributed by atoms with Gasteiger partial charge in [-0.15, -0.1) is 0 Å². The minimum absolute atomic E-state index is 0.286. The van der Waals surface area contributed by atoms with Gasteiger partial charge in [-0.25, -0.2) is 0 Å². The van der Waals surface area contributed by atoms with E-state index in [0.29, 0.717) is 12.1 Å². The van der Waals surface area contributed by atoms with Crippen LogP contribution >= 0.6 is 15.9 Å². The maximum absolute atomic E-state index is 9.41. The Morgan fingerprint density at radius 1 is 1.47 bits per heavy atom. The van der Waals surface area contributed by atoms with Crippen molar-refractivity contribution in [3.63, 3.8) is 0 Å². The Morgan fingerprint density at radius 2 is 2.29 bits per heavy atom. The standard InChI is InChI=1S/C13H18BrNO2/c1-17-11-4-3-10(7-11)15-8-9-2-5-13(16)12(14)6-9/h2,5-6,10-11,15-16H,3-4,7-8H2,1H3. The third-order valence-electron chi connectivity index (χ3n) is 3.32. The number of methoxy groups -OCH3 is 1. The average molecular weight is 300 g/mol. The van der Waals surface area contributed by atoms with E-state index in [1.165, 1.54) is 12.0 Å². The number of ether oxygens (including phenoxy) is 1. The van der Waals surface area contributed by atoms with Crippen molar-refractivity contribution in [3.8, 4) is 5.75 Å². The molecule has 0 spiro atoms. The predicted octanol–water partition coefficient (Wildman–Crippen LogP) is 2.81. The van der Waals surface area contributed by atoms with Gasteiger partial charge in [0.1, 0.15) is 5.75 Å². The molecule has 0 bridgehead atoms. The smallest absolute Gasteiger partial charge is 0.129 e. The lowest BCUT2D eigenvalue weighted by atomic mass is 10.2. The summed E-state index contributed by atoms with van der Waals surface area (Å²) in [7, 11) is 1.78. The second kappa shape index (κ2) is 5.85. The van der Waals surface area contributed by atoms with E-state index in [4.69, 9.17) is 4.74 Å². The van der Waals surface area contributed by atoms with Crippen LogP contribution in [0.2, 0.25) is 0 Å². The molecule has 2 unspecified atom stereocenters. The van der Waals surface area contributed by atoms with Crippen LogP contribution in [-0.4, -0.2) is 24.4 Å². The van der Waals surface area contributed by atoms with Gasteiger partial charge in [-0.05, 0) is 52.9 Å². The summed E-state index contributed by atoms with van der Waals surface area (Å²) in [5.41, 5.74) is 1.18. The van der Waals surface area contributed by atoms with Crippen molar-refractivity contribution >= 4 is 15.9 Å². The Bertz CT molecular complexity index is 384. The molecular weight excluding hydrogens is 282 g/mol. The quantitative estimate of drug-likeness (QED) is 0.898. The van der Waals surface area contributed by atoms with Crippen LogP contribution in [0.1, 0.15) is 24.8 Å². The molecule has 0 amide bonds. The molecule has 94 valence electrons. The van der Waals surface area contributed by atoms with E-state index in [9.17, 15) is 5.11 Å². The summed E-state index contributed by atoms with van der Waals surface area (Å²) in [6.07, 6.45) is 3.83. The summed E-state index contributed by atoms with van der Waals surface area (Å²) in [4.78, 5) is 0. The summed E-state index contributed by atoms with van der Waals surface area (Å²) in [5.74, 6) is 0.286. The van der Waals surface area contributed by atoms with Gasteiger partial charge in [-0.2, -0.15) is 0 Å². The normalized spacial score (nSPS) is 24.1. The SMILES string of the molecule is COC1CCC(NCc2ccc(O)c(Br)c2)C1. The Hall–Kier alpha value is -0.580. The van der Waals surface area contributed by atoms with Crippen molar-refractivity contribution in [2.45, 2.75) is 38.0 Å². The fourth-order valence-corrected chi connectivity index (χ4v) is 2.69. The average Bonchev–Trinajstić information content (AvgIpc) is 2.79. The molecule has 0 saturated heterocycles. The van der Waals surface area contributed by atoms with Gasteiger partial charge in [0.15, 0.2) is 0 Å².